The molecule has 0 bridgehead atoms. The number of methoxy groups -OCH3 is 1. The molecular formula is C25H36N4O3. The van der Waals surface area contributed by atoms with E-state index in [1.54, 1.807) is 7.11 Å². The van der Waals surface area contributed by atoms with Gasteiger partial charge in [-0.1, -0.05) is 24.3 Å². The number of anilines is 1. The Bertz CT molecular complexity index is 862. The first-order chi connectivity index (χ1) is 15.2. The SMILES string of the molecule is COc1ccc(CNC(=O)Nc2ccc(CN3CCN(CC(C)(C)O)CC3C)cc2)cc1. The molecule has 1 atom stereocenters. The van der Waals surface area contributed by atoms with Gasteiger partial charge in [-0.15, -0.1) is 0 Å². The fourth-order valence-corrected chi connectivity index (χ4v) is 4.03. The van der Waals surface area contributed by atoms with Gasteiger partial charge < -0.3 is 20.5 Å². The first-order valence-corrected chi connectivity index (χ1v) is 11.2. The highest BCUT2D eigenvalue weighted by molar-refractivity contribution is 5.89. The first kappa shape index (κ1) is 24.0. The van der Waals surface area contributed by atoms with Gasteiger partial charge in [0.05, 0.1) is 12.7 Å². The van der Waals surface area contributed by atoms with E-state index in [1.165, 1.54) is 5.56 Å². The maximum Gasteiger partial charge on any atom is 0.319 e. The number of nitrogens with one attached hydrogen (secondary N) is 2. The smallest absolute Gasteiger partial charge is 0.319 e. The fraction of sp³-hybridized carbons (Fsp3) is 0.480. The lowest BCUT2D eigenvalue weighted by Gasteiger charge is -2.41. The number of amides is 2. The standard InChI is InChI=1S/C25H36N4O3/c1-19-16-28(18-25(2,3)31)13-14-29(19)17-21-5-9-22(10-6-21)27-24(30)26-15-20-7-11-23(32-4)12-8-20/h5-12,19,31H,13-18H2,1-4H3,(H2,26,27,30). The highest BCUT2D eigenvalue weighted by atomic mass is 16.5. The van der Waals surface area contributed by atoms with Crippen LogP contribution in [0.25, 0.3) is 0 Å². The van der Waals surface area contributed by atoms with Crippen LogP contribution in [0.3, 0.4) is 0 Å². The minimum Gasteiger partial charge on any atom is -0.497 e. The van der Waals surface area contributed by atoms with E-state index in [0.29, 0.717) is 19.1 Å². The molecule has 7 heteroatoms. The van der Waals surface area contributed by atoms with Gasteiger partial charge >= 0.3 is 6.03 Å². The summed E-state index contributed by atoms with van der Waals surface area (Å²) in [4.78, 5) is 17.0. The van der Waals surface area contributed by atoms with E-state index in [2.05, 4.69) is 39.5 Å². The fourth-order valence-electron chi connectivity index (χ4n) is 4.03. The summed E-state index contributed by atoms with van der Waals surface area (Å²) in [6.07, 6.45) is 0. The number of benzene rings is 2. The van der Waals surface area contributed by atoms with Gasteiger partial charge in [0.1, 0.15) is 5.75 Å². The minimum absolute atomic E-state index is 0.231. The Morgan fingerprint density at radius 3 is 2.34 bits per heavy atom. The third kappa shape index (κ3) is 7.51. The number of carbonyl (C=O) groups excluding carboxylic acids is 1. The van der Waals surface area contributed by atoms with Crippen molar-refractivity contribution in [3.05, 3.63) is 59.7 Å². The van der Waals surface area contributed by atoms with Crippen molar-refractivity contribution in [2.75, 3.05) is 38.6 Å². The lowest BCUT2D eigenvalue weighted by atomic mass is 10.1. The Morgan fingerprint density at radius 1 is 1.09 bits per heavy atom. The van der Waals surface area contributed by atoms with Crippen molar-refractivity contribution in [3.63, 3.8) is 0 Å². The van der Waals surface area contributed by atoms with Crippen molar-refractivity contribution >= 4 is 11.7 Å². The second kappa shape index (κ2) is 10.8. The van der Waals surface area contributed by atoms with E-state index in [9.17, 15) is 9.90 Å². The maximum atomic E-state index is 12.2. The summed E-state index contributed by atoms with van der Waals surface area (Å²) in [6.45, 7) is 10.9. The highest BCUT2D eigenvalue weighted by Gasteiger charge is 2.27. The van der Waals surface area contributed by atoms with Crippen LogP contribution in [-0.2, 0) is 13.1 Å². The Balaban J connectivity index is 1.44. The van der Waals surface area contributed by atoms with Crippen LogP contribution in [0.15, 0.2) is 48.5 Å². The maximum absolute atomic E-state index is 12.2. The molecule has 1 heterocycles. The monoisotopic (exact) mass is 440 g/mol. The summed E-state index contributed by atoms with van der Waals surface area (Å²) >= 11 is 0. The Morgan fingerprint density at radius 2 is 1.75 bits per heavy atom. The van der Waals surface area contributed by atoms with Crippen LogP contribution < -0.4 is 15.4 Å². The third-order valence-electron chi connectivity index (χ3n) is 5.67. The third-order valence-corrected chi connectivity index (χ3v) is 5.67. The number of β-amino-alcohol motifs (C(OH)–C–C–N with tert-alkyl or cyclic N) is 1. The molecule has 2 aromatic rings. The average Bonchev–Trinajstić information content (AvgIpc) is 2.75. The van der Waals surface area contributed by atoms with E-state index in [4.69, 9.17) is 4.74 Å². The number of piperazine rings is 1. The van der Waals surface area contributed by atoms with Crippen LogP contribution in [0, 0.1) is 0 Å². The molecule has 0 spiro atoms. The molecule has 1 fully saturated rings. The molecule has 3 rings (SSSR count). The average molecular weight is 441 g/mol. The molecule has 7 nitrogen and oxygen atoms in total. The van der Waals surface area contributed by atoms with Gasteiger partial charge in [0, 0.05) is 51.0 Å². The lowest BCUT2D eigenvalue weighted by Crippen LogP contribution is -2.54. The molecule has 174 valence electrons. The highest BCUT2D eigenvalue weighted by Crippen LogP contribution is 2.18. The molecule has 1 saturated heterocycles. The van der Waals surface area contributed by atoms with Gasteiger partial charge in [-0.3, -0.25) is 9.80 Å². The van der Waals surface area contributed by atoms with Gasteiger partial charge in [0.15, 0.2) is 0 Å². The molecule has 0 aliphatic carbocycles. The van der Waals surface area contributed by atoms with E-state index in [1.807, 2.05) is 50.2 Å². The number of nitrogens with zero attached hydrogens (tertiary/aromatic N) is 2. The van der Waals surface area contributed by atoms with Crippen molar-refractivity contribution < 1.29 is 14.6 Å². The Labute approximate surface area is 191 Å². The molecule has 2 aromatic carbocycles. The predicted molar refractivity (Wildman–Crippen MR) is 128 cm³/mol. The number of urea groups is 1. The molecule has 1 aliphatic heterocycles. The molecule has 1 unspecified atom stereocenters. The topological polar surface area (TPSA) is 77.1 Å². The van der Waals surface area contributed by atoms with Crippen LogP contribution in [0.2, 0.25) is 0 Å². The zero-order valence-corrected chi connectivity index (χ0v) is 19.6. The van der Waals surface area contributed by atoms with Crippen molar-refractivity contribution in [3.8, 4) is 5.75 Å². The van der Waals surface area contributed by atoms with E-state index >= 15 is 0 Å². The van der Waals surface area contributed by atoms with Crippen molar-refractivity contribution in [2.45, 2.75) is 45.5 Å². The quantitative estimate of drug-likeness (QED) is 0.587. The molecule has 0 saturated carbocycles. The number of aliphatic hydroxyl groups is 1. The largest absolute Gasteiger partial charge is 0.497 e. The zero-order valence-electron chi connectivity index (χ0n) is 19.6. The minimum atomic E-state index is -0.661. The van der Waals surface area contributed by atoms with E-state index < -0.39 is 5.60 Å². The molecule has 2 amide bonds. The summed E-state index contributed by atoms with van der Waals surface area (Å²) in [5.41, 5.74) is 2.33. The lowest BCUT2D eigenvalue weighted by molar-refractivity contribution is 0.00198. The van der Waals surface area contributed by atoms with E-state index in [0.717, 1.165) is 43.2 Å². The van der Waals surface area contributed by atoms with Crippen LogP contribution in [0.4, 0.5) is 10.5 Å². The number of hydrogen-bond acceptors (Lipinski definition) is 5. The Hall–Kier alpha value is -2.61. The molecule has 32 heavy (non-hydrogen) atoms. The van der Waals surface area contributed by atoms with Crippen LogP contribution in [0.5, 0.6) is 5.75 Å². The van der Waals surface area contributed by atoms with Crippen molar-refractivity contribution in [1.82, 2.24) is 15.1 Å². The van der Waals surface area contributed by atoms with E-state index in [-0.39, 0.29) is 6.03 Å². The normalized spacial score (nSPS) is 17.7. The van der Waals surface area contributed by atoms with Crippen LogP contribution >= 0.6 is 0 Å². The number of carbonyl (C=O) groups is 1. The molecule has 1 aliphatic rings. The second-order valence-corrected chi connectivity index (χ2v) is 9.22. The molecular weight excluding hydrogens is 404 g/mol. The van der Waals surface area contributed by atoms with Gasteiger partial charge in [0.2, 0.25) is 0 Å². The van der Waals surface area contributed by atoms with Gasteiger partial charge in [-0.25, -0.2) is 4.79 Å². The predicted octanol–water partition coefficient (Wildman–Crippen LogP) is 3.29. The number of ether oxygens (including phenoxy) is 1. The summed E-state index contributed by atoms with van der Waals surface area (Å²) in [5.74, 6) is 0.795. The van der Waals surface area contributed by atoms with Gasteiger partial charge in [0.25, 0.3) is 0 Å². The van der Waals surface area contributed by atoms with Gasteiger partial charge in [-0.2, -0.15) is 0 Å². The summed E-state index contributed by atoms with van der Waals surface area (Å²) < 4.78 is 5.15. The van der Waals surface area contributed by atoms with Gasteiger partial charge in [-0.05, 0) is 56.2 Å². The van der Waals surface area contributed by atoms with Crippen LogP contribution in [0.1, 0.15) is 31.9 Å². The summed E-state index contributed by atoms with van der Waals surface area (Å²) in [5, 5.41) is 15.8. The second-order valence-electron chi connectivity index (χ2n) is 9.22. The summed E-state index contributed by atoms with van der Waals surface area (Å²) in [7, 11) is 1.63. The molecule has 0 aromatic heterocycles. The Kier molecular flexibility index (Phi) is 8.12. The van der Waals surface area contributed by atoms with Crippen LogP contribution in [-0.4, -0.2) is 65.9 Å². The van der Waals surface area contributed by atoms with Crippen molar-refractivity contribution in [1.29, 1.82) is 0 Å². The molecule has 0 radical (unpaired) electrons. The number of hydrogen-bond donors (Lipinski definition) is 3. The zero-order chi connectivity index (χ0) is 23.1. The number of rotatable bonds is 8. The molecule has 3 N–H and O–H groups in total. The van der Waals surface area contributed by atoms with Crippen molar-refractivity contribution in [2.24, 2.45) is 0 Å². The summed E-state index contributed by atoms with van der Waals surface area (Å²) in [6, 6.07) is 15.8. The first-order valence-electron chi connectivity index (χ1n) is 11.2.